The van der Waals surface area contributed by atoms with E-state index in [4.69, 9.17) is 0 Å². The van der Waals surface area contributed by atoms with E-state index in [9.17, 15) is 97.1 Å². The average molecular weight is 1120 g/mol. The first-order chi connectivity index (χ1) is 35.0. The number of ketones is 2. The van der Waals surface area contributed by atoms with Crippen molar-refractivity contribution in [1.29, 1.82) is 0 Å². The Balaban J connectivity index is 1.97. The quantitative estimate of drug-likeness (QED) is 0.0448. The molecule has 1 amide bonds. The molecule has 4 atom stereocenters. The molecule has 6 N–H and O–H groups in total. The minimum Gasteiger partial charge on any atom is -0.478 e. The van der Waals surface area contributed by atoms with Gasteiger partial charge >= 0.3 is 42.8 Å². The Bertz CT molecular complexity index is 2720. The fourth-order valence-corrected chi connectivity index (χ4v) is 9.59. The van der Waals surface area contributed by atoms with Crippen LogP contribution in [-0.2, 0) is 15.2 Å². The standard InChI is InChI=1S/C51H53F15N2O9/c1-7-10-16-44(6,9-3)39(70)35-21-25(11-13-33(35)41(72)73)37(47(52,53)54)26-12-14-34(42(74)75)36(22-26)40(71)67-31-19-27(17-29(23-31)45(76,48(55,56)57)49(58,59)60)38(69)28-18-30(46(77,50(61,62)63)51(64,65)66)24-32(20-28)68-43(4,5)15-8-2/h8,12,14-15,17,19-20,22-25,30,37,68,76-77H,7,9-11,13,16,18,21H2,1-6H3,(H,67,71)(H,72,73)(H,74,75)/b15-8-. The Morgan fingerprint density at radius 3 is 1.81 bits per heavy atom. The number of hydrogen-bond acceptors (Lipinski definition) is 8. The molecule has 0 heterocycles. The Morgan fingerprint density at radius 2 is 1.32 bits per heavy atom. The second-order valence-electron chi connectivity index (χ2n) is 19.7. The molecule has 2 aliphatic carbocycles. The summed E-state index contributed by atoms with van der Waals surface area (Å²) in [5.41, 5.74) is -25.9. The van der Waals surface area contributed by atoms with E-state index >= 15 is 13.2 Å². The first kappa shape index (κ1) is 63.4. The zero-order valence-electron chi connectivity index (χ0n) is 41.7. The minimum absolute atomic E-state index is 0.160. The summed E-state index contributed by atoms with van der Waals surface area (Å²) in [6.45, 7) is 9.02. The fraction of sp³-hybridized carbons (Fsp3) is 0.510. The lowest BCUT2D eigenvalue weighted by atomic mass is 9.68. The number of Topliss-reactive ketones (excluding diaryl/α,β-unsaturated/α-hetero) is 2. The van der Waals surface area contributed by atoms with Crippen LogP contribution in [0.25, 0.3) is 0 Å². The Kier molecular flexibility index (Phi) is 18.3. The van der Waals surface area contributed by atoms with Gasteiger partial charge in [-0.05, 0) is 107 Å². The number of carbonyl (C=O) groups is 5. The molecule has 0 aliphatic heterocycles. The first-order valence-corrected chi connectivity index (χ1v) is 23.5. The number of aliphatic hydroxyl groups is 2. The zero-order chi connectivity index (χ0) is 59.0. The van der Waals surface area contributed by atoms with Crippen LogP contribution >= 0.6 is 0 Å². The number of nitrogens with one attached hydrogen (secondary N) is 2. The predicted molar refractivity (Wildman–Crippen MR) is 245 cm³/mol. The van der Waals surface area contributed by atoms with Gasteiger partial charge in [0.25, 0.3) is 17.1 Å². The van der Waals surface area contributed by atoms with Gasteiger partial charge in [0.15, 0.2) is 11.6 Å². The normalized spacial score (nSPS) is 18.8. The lowest BCUT2D eigenvalue weighted by Gasteiger charge is -2.40. The maximum atomic E-state index is 15.3. The molecule has 0 radical (unpaired) electrons. The second kappa shape index (κ2) is 22.3. The summed E-state index contributed by atoms with van der Waals surface area (Å²) < 4.78 is 218. The van der Waals surface area contributed by atoms with Gasteiger partial charge in [-0.25, -0.2) is 9.59 Å². The van der Waals surface area contributed by atoms with E-state index in [0.717, 1.165) is 0 Å². The molecule has 0 spiro atoms. The molecular weight excluding hydrogens is 1070 g/mol. The van der Waals surface area contributed by atoms with Crippen LogP contribution in [-0.4, -0.2) is 91.9 Å². The summed E-state index contributed by atoms with van der Waals surface area (Å²) in [7, 11) is 0. The number of hydrogen-bond donors (Lipinski definition) is 6. The van der Waals surface area contributed by atoms with Crippen LogP contribution in [0, 0.1) is 17.3 Å². The number of rotatable bonds is 19. The van der Waals surface area contributed by atoms with Gasteiger partial charge in [-0.3, -0.25) is 14.4 Å². The van der Waals surface area contributed by atoms with Crippen LogP contribution in [0.4, 0.5) is 71.5 Å². The van der Waals surface area contributed by atoms with Gasteiger partial charge in [-0.2, -0.15) is 65.9 Å². The molecule has 2 aromatic rings. The van der Waals surface area contributed by atoms with E-state index in [1.54, 1.807) is 19.2 Å². The first-order valence-electron chi connectivity index (χ1n) is 23.5. The van der Waals surface area contributed by atoms with Crippen molar-refractivity contribution in [1.82, 2.24) is 5.32 Å². The molecule has 2 aromatic carbocycles. The van der Waals surface area contributed by atoms with Gasteiger partial charge in [-0.15, -0.1) is 0 Å². The smallest absolute Gasteiger partial charge is 0.430 e. The molecule has 0 bridgehead atoms. The van der Waals surface area contributed by atoms with Crippen LogP contribution in [0.15, 0.2) is 83.1 Å². The fourth-order valence-electron chi connectivity index (χ4n) is 9.59. The topological polar surface area (TPSA) is 190 Å². The lowest BCUT2D eigenvalue weighted by Crippen LogP contribution is -2.61. The zero-order valence-corrected chi connectivity index (χ0v) is 41.7. The largest absolute Gasteiger partial charge is 0.478 e. The van der Waals surface area contributed by atoms with Gasteiger partial charge < -0.3 is 31.1 Å². The third kappa shape index (κ3) is 13.1. The number of alkyl halides is 15. The molecule has 26 heteroatoms. The molecule has 4 unspecified atom stereocenters. The second-order valence-corrected chi connectivity index (χ2v) is 19.7. The van der Waals surface area contributed by atoms with Crippen LogP contribution in [0.1, 0.15) is 141 Å². The SMILES string of the molecule is C/C=C\C(C)(C)NC1=CC(C(O)(C(F)(F)F)C(F)(F)F)CC(C(=O)c2cc(NC(=O)c3cc(C(C4CCC(C(=O)O)=C(C(=O)C(C)(CC)CCCC)C4)C(F)(F)F)ccc3C(=O)O)cc(C(O)(C(F)(F)F)C(F)(F)F)c2)=C1. The number of allylic oxidation sites excluding steroid dienone is 4. The van der Waals surface area contributed by atoms with Crippen molar-refractivity contribution in [2.75, 3.05) is 5.32 Å². The monoisotopic (exact) mass is 1120 g/mol. The van der Waals surface area contributed by atoms with Crippen LogP contribution in [0.2, 0.25) is 0 Å². The highest BCUT2D eigenvalue weighted by Gasteiger charge is 2.74. The predicted octanol–water partition coefficient (Wildman–Crippen LogP) is 12.8. The number of anilines is 1. The van der Waals surface area contributed by atoms with E-state index in [2.05, 4.69) is 5.32 Å². The summed E-state index contributed by atoms with van der Waals surface area (Å²) >= 11 is 0. The van der Waals surface area contributed by atoms with Gasteiger partial charge in [0.05, 0.1) is 17.0 Å². The summed E-state index contributed by atoms with van der Waals surface area (Å²) in [4.78, 5) is 67.2. The molecule has 0 fully saturated rings. The Labute approximate surface area is 430 Å². The third-order valence-corrected chi connectivity index (χ3v) is 13.8. The summed E-state index contributed by atoms with van der Waals surface area (Å²) in [6.07, 6.45) is -30.8. The van der Waals surface area contributed by atoms with Crippen LogP contribution in [0.5, 0.6) is 0 Å². The van der Waals surface area contributed by atoms with E-state index < -0.39 is 182 Å². The van der Waals surface area contributed by atoms with Gasteiger partial charge in [-0.1, -0.05) is 57.9 Å². The minimum atomic E-state index is -6.79. The highest BCUT2D eigenvalue weighted by molar-refractivity contribution is 6.13. The number of amides is 1. The van der Waals surface area contributed by atoms with E-state index in [-0.39, 0.29) is 37.1 Å². The molecular formula is C51H53F15N2O9. The molecule has 0 saturated heterocycles. The number of carbonyl (C=O) groups excluding carboxylic acids is 3. The highest BCUT2D eigenvalue weighted by Crippen LogP contribution is 2.54. The van der Waals surface area contributed by atoms with Crippen LogP contribution < -0.4 is 10.6 Å². The maximum Gasteiger partial charge on any atom is 0.430 e. The molecule has 0 saturated carbocycles. The number of carboxylic acid groups (broad SMARTS) is 2. The van der Waals surface area contributed by atoms with Crippen molar-refractivity contribution < 1.29 is 110 Å². The molecule has 426 valence electrons. The number of halogens is 15. The number of aromatic carboxylic acids is 1. The van der Waals surface area contributed by atoms with Gasteiger partial charge in [0.2, 0.25) is 0 Å². The number of benzene rings is 2. The summed E-state index contributed by atoms with van der Waals surface area (Å²) in [5.74, 6) is -15.9. The van der Waals surface area contributed by atoms with Crippen molar-refractivity contribution in [3.63, 3.8) is 0 Å². The summed E-state index contributed by atoms with van der Waals surface area (Å²) in [5, 5.41) is 45.1. The van der Waals surface area contributed by atoms with Crippen LogP contribution in [0.3, 0.4) is 0 Å². The Hall–Kier alpha value is -6.18. The summed E-state index contributed by atoms with van der Waals surface area (Å²) in [6, 6.07) is 1.06. The number of carboxylic acids is 2. The number of unbranched alkanes of at least 4 members (excludes halogenated alkanes) is 1. The third-order valence-electron chi connectivity index (χ3n) is 13.8. The van der Waals surface area contributed by atoms with Gasteiger partial charge in [0, 0.05) is 56.1 Å². The van der Waals surface area contributed by atoms with Crippen molar-refractivity contribution in [2.24, 2.45) is 17.3 Å². The highest BCUT2D eigenvalue weighted by atomic mass is 19.4. The van der Waals surface area contributed by atoms with E-state index in [1.165, 1.54) is 39.8 Å². The van der Waals surface area contributed by atoms with Crippen molar-refractivity contribution in [3.8, 4) is 0 Å². The Morgan fingerprint density at radius 1 is 0.740 bits per heavy atom. The van der Waals surface area contributed by atoms with Crippen molar-refractivity contribution in [2.45, 2.75) is 146 Å². The van der Waals surface area contributed by atoms with Gasteiger partial charge in [0.1, 0.15) is 0 Å². The van der Waals surface area contributed by atoms with E-state index in [1.807, 2.05) is 0 Å². The maximum absolute atomic E-state index is 15.3. The van der Waals surface area contributed by atoms with Crippen molar-refractivity contribution >= 4 is 35.1 Å². The lowest BCUT2D eigenvalue weighted by molar-refractivity contribution is -0.380. The molecule has 11 nitrogen and oxygen atoms in total. The average Bonchev–Trinajstić information content (AvgIpc) is 3.29. The molecule has 2 aliphatic rings. The van der Waals surface area contributed by atoms with Crippen molar-refractivity contribution in [3.05, 3.63) is 111 Å². The van der Waals surface area contributed by atoms with E-state index in [0.29, 0.717) is 37.1 Å². The number of aliphatic carboxylic acids is 1. The molecule has 0 aromatic heterocycles. The molecule has 77 heavy (non-hydrogen) atoms. The molecule has 4 rings (SSSR count).